The van der Waals surface area contributed by atoms with Gasteiger partial charge in [0.05, 0.1) is 11.5 Å². The molecule has 5 nitrogen and oxygen atoms in total. The molecule has 6 heteroatoms. The minimum absolute atomic E-state index is 0.00900. The van der Waals surface area contributed by atoms with E-state index < -0.39 is 11.5 Å². The first-order chi connectivity index (χ1) is 14.4. The fraction of sp³-hybridized carbons (Fsp3) is 0.417. The predicted molar refractivity (Wildman–Crippen MR) is 115 cm³/mol. The van der Waals surface area contributed by atoms with Crippen molar-refractivity contribution < 1.29 is 19.1 Å². The number of carbonyl (C=O) groups is 2. The van der Waals surface area contributed by atoms with E-state index in [-0.39, 0.29) is 17.5 Å². The quantitative estimate of drug-likeness (QED) is 0.646. The molecule has 2 aromatic rings. The van der Waals surface area contributed by atoms with E-state index in [2.05, 4.69) is 10.2 Å². The Balaban J connectivity index is 1.42. The first-order valence-corrected chi connectivity index (χ1v) is 10.5. The molecule has 1 aliphatic rings. The van der Waals surface area contributed by atoms with Crippen LogP contribution >= 0.6 is 0 Å². The van der Waals surface area contributed by atoms with Crippen LogP contribution < -0.4 is 5.32 Å². The zero-order valence-electron chi connectivity index (χ0n) is 17.3. The van der Waals surface area contributed by atoms with Gasteiger partial charge in [-0.2, -0.15) is 0 Å². The normalized spacial score (nSPS) is 17.3. The maximum atomic E-state index is 13.0. The number of aliphatic hydroxyl groups is 1. The van der Waals surface area contributed by atoms with E-state index >= 15 is 0 Å². The summed E-state index contributed by atoms with van der Waals surface area (Å²) in [4.78, 5) is 27.0. The van der Waals surface area contributed by atoms with Crippen LogP contribution in [0.25, 0.3) is 0 Å². The number of hydrogen-bond acceptors (Lipinski definition) is 4. The van der Waals surface area contributed by atoms with Crippen LogP contribution in [-0.2, 0) is 4.79 Å². The number of benzene rings is 2. The number of hydrogen-bond donors (Lipinski definition) is 2. The van der Waals surface area contributed by atoms with Crippen LogP contribution in [0.5, 0.6) is 0 Å². The number of piperidine rings is 1. The number of rotatable bonds is 8. The van der Waals surface area contributed by atoms with Crippen molar-refractivity contribution in [3.05, 3.63) is 66.0 Å². The van der Waals surface area contributed by atoms with Gasteiger partial charge in [0, 0.05) is 30.8 Å². The molecule has 160 valence electrons. The summed E-state index contributed by atoms with van der Waals surface area (Å²) in [7, 11) is 0. The van der Waals surface area contributed by atoms with Gasteiger partial charge < -0.3 is 15.3 Å². The van der Waals surface area contributed by atoms with E-state index in [4.69, 9.17) is 0 Å². The highest BCUT2D eigenvalue weighted by atomic mass is 19.1. The first-order valence-electron chi connectivity index (χ1n) is 10.5. The molecule has 2 N–H and O–H groups in total. The van der Waals surface area contributed by atoms with E-state index in [0.717, 1.165) is 12.2 Å². The van der Waals surface area contributed by atoms with Crippen LogP contribution in [-0.4, -0.2) is 46.9 Å². The largest absolute Gasteiger partial charge is 0.389 e. The van der Waals surface area contributed by atoms with Crippen molar-refractivity contribution in [1.82, 2.24) is 4.90 Å². The summed E-state index contributed by atoms with van der Waals surface area (Å²) in [5, 5.41) is 13.9. The van der Waals surface area contributed by atoms with Gasteiger partial charge >= 0.3 is 0 Å². The molecule has 3 rings (SSSR count). The highest BCUT2D eigenvalue weighted by molar-refractivity contribution is 5.96. The fourth-order valence-corrected chi connectivity index (χ4v) is 3.86. The number of halogens is 1. The Morgan fingerprint density at radius 3 is 2.37 bits per heavy atom. The summed E-state index contributed by atoms with van der Waals surface area (Å²) >= 11 is 0. The lowest BCUT2D eigenvalue weighted by Gasteiger charge is -2.41. The van der Waals surface area contributed by atoms with Crippen molar-refractivity contribution >= 4 is 17.4 Å². The number of para-hydroxylation sites is 1. The Labute approximate surface area is 176 Å². The zero-order valence-corrected chi connectivity index (χ0v) is 17.3. The first kappa shape index (κ1) is 22.1. The summed E-state index contributed by atoms with van der Waals surface area (Å²) in [6.07, 6.45) is 2.14. The van der Waals surface area contributed by atoms with Gasteiger partial charge in [-0.3, -0.25) is 9.59 Å². The Kier molecular flexibility index (Phi) is 7.34. The van der Waals surface area contributed by atoms with Crippen LogP contribution in [0.3, 0.4) is 0 Å². The molecular formula is C24H29FN2O3. The molecule has 30 heavy (non-hydrogen) atoms. The average Bonchev–Trinajstić information content (AvgIpc) is 2.75. The van der Waals surface area contributed by atoms with Crippen molar-refractivity contribution in [2.24, 2.45) is 5.92 Å². The Bertz CT molecular complexity index is 847. The molecule has 1 aliphatic heterocycles. The third-order valence-electron chi connectivity index (χ3n) is 6.01. The molecule has 2 aromatic carbocycles. The van der Waals surface area contributed by atoms with E-state index in [9.17, 15) is 19.1 Å². The van der Waals surface area contributed by atoms with Crippen LogP contribution in [0.2, 0.25) is 0 Å². The molecule has 0 aromatic heterocycles. The molecule has 0 spiro atoms. The molecule has 1 unspecified atom stereocenters. The topological polar surface area (TPSA) is 69.6 Å². The minimum Gasteiger partial charge on any atom is -0.389 e. The predicted octanol–water partition coefficient (Wildman–Crippen LogP) is 3.89. The number of Topliss-reactive ketones (excluding diaryl/α,β-unsaturated/α-hetero) is 1. The fourth-order valence-electron chi connectivity index (χ4n) is 3.86. The smallest absolute Gasteiger partial charge is 0.230 e. The number of amides is 1. The van der Waals surface area contributed by atoms with Crippen molar-refractivity contribution in [1.29, 1.82) is 0 Å². The Morgan fingerprint density at radius 2 is 1.73 bits per heavy atom. The molecular weight excluding hydrogens is 383 g/mol. The lowest BCUT2D eigenvalue weighted by atomic mass is 9.80. The summed E-state index contributed by atoms with van der Waals surface area (Å²) in [6, 6.07) is 14.9. The van der Waals surface area contributed by atoms with Gasteiger partial charge in [-0.15, -0.1) is 0 Å². The van der Waals surface area contributed by atoms with E-state index in [1.54, 1.807) is 6.92 Å². The van der Waals surface area contributed by atoms with Crippen LogP contribution in [0.4, 0.5) is 10.1 Å². The van der Waals surface area contributed by atoms with Crippen molar-refractivity contribution in [2.75, 3.05) is 25.0 Å². The second-order valence-corrected chi connectivity index (χ2v) is 8.06. The SMILES string of the molecule is CC(C(=O)Nc1ccccc1)C1(O)CCN(CCCC(=O)c2ccc(F)cc2)CC1. The Morgan fingerprint density at radius 1 is 1.10 bits per heavy atom. The van der Waals surface area contributed by atoms with Gasteiger partial charge in [0.2, 0.25) is 5.91 Å². The van der Waals surface area contributed by atoms with Gasteiger partial charge in [0.25, 0.3) is 0 Å². The summed E-state index contributed by atoms with van der Waals surface area (Å²) in [6.45, 7) is 3.90. The number of nitrogens with zero attached hydrogens (tertiary/aromatic N) is 1. The van der Waals surface area contributed by atoms with Gasteiger partial charge in [-0.25, -0.2) is 4.39 Å². The van der Waals surface area contributed by atoms with Gasteiger partial charge in [-0.05, 0) is 62.2 Å². The average molecular weight is 413 g/mol. The van der Waals surface area contributed by atoms with Crippen molar-refractivity contribution in [3.8, 4) is 0 Å². The molecule has 0 aliphatic carbocycles. The molecule has 1 saturated heterocycles. The van der Waals surface area contributed by atoms with Gasteiger partial charge in [0.1, 0.15) is 5.82 Å². The molecule has 1 amide bonds. The van der Waals surface area contributed by atoms with Crippen LogP contribution in [0, 0.1) is 11.7 Å². The van der Waals surface area contributed by atoms with E-state index in [1.165, 1.54) is 24.3 Å². The zero-order chi connectivity index (χ0) is 21.6. The monoisotopic (exact) mass is 412 g/mol. The number of carbonyl (C=O) groups excluding carboxylic acids is 2. The molecule has 1 fully saturated rings. The number of likely N-dealkylation sites (tertiary alicyclic amines) is 1. The summed E-state index contributed by atoms with van der Waals surface area (Å²) < 4.78 is 13.0. The number of ketones is 1. The Hall–Kier alpha value is -2.57. The third kappa shape index (κ3) is 5.74. The molecule has 0 radical (unpaired) electrons. The van der Waals surface area contributed by atoms with Crippen molar-refractivity contribution in [2.45, 2.75) is 38.2 Å². The lowest BCUT2D eigenvalue weighted by molar-refractivity contribution is -0.132. The number of anilines is 1. The van der Waals surface area contributed by atoms with Gasteiger partial charge in [-0.1, -0.05) is 25.1 Å². The summed E-state index contributed by atoms with van der Waals surface area (Å²) in [5.41, 5.74) is 0.225. The lowest BCUT2D eigenvalue weighted by Crippen LogP contribution is -2.51. The molecule has 0 saturated carbocycles. The summed E-state index contributed by atoms with van der Waals surface area (Å²) in [5.74, 6) is -1.03. The van der Waals surface area contributed by atoms with Crippen LogP contribution in [0.1, 0.15) is 43.0 Å². The number of nitrogens with one attached hydrogen (secondary N) is 1. The highest BCUT2D eigenvalue weighted by Crippen LogP contribution is 2.31. The van der Waals surface area contributed by atoms with Crippen LogP contribution in [0.15, 0.2) is 54.6 Å². The minimum atomic E-state index is -1.03. The second-order valence-electron chi connectivity index (χ2n) is 8.06. The highest BCUT2D eigenvalue weighted by Gasteiger charge is 2.40. The molecule has 1 atom stereocenters. The molecule has 1 heterocycles. The maximum absolute atomic E-state index is 13.0. The van der Waals surface area contributed by atoms with E-state index in [1.807, 2.05) is 30.3 Å². The molecule has 0 bridgehead atoms. The third-order valence-corrected chi connectivity index (χ3v) is 6.01. The van der Waals surface area contributed by atoms with Gasteiger partial charge in [0.15, 0.2) is 5.78 Å². The standard InChI is InChI=1S/C24H29FN2O3/c1-18(23(29)26-21-6-3-2-4-7-21)24(30)13-16-27(17-14-24)15-5-8-22(28)19-9-11-20(25)12-10-19/h2-4,6-7,9-12,18,30H,5,8,13-17H2,1H3,(H,26,29). The van der Waals surface area contributed by atoms with Crippen molar-refractivity contribution in [3.63, 3.8) is 0 Å². The van der Waals surface area contributed by atoms with E-state index in [0.29, 0.717) is 44.3 Å². The second kappa shape index (κ2) is 9.96. The maximum Gasteiger partial charge on any atom is 0.230 e.